The summed E-state index contributed by atoms with van der Waals surface area (Å²) >= 11 is 0. The van der Waals surface area contributed by atoms with Gasteiger partial charge in [0.05, 0.1) is 29.7 Å². The first kappa shape index (κ1) is 27.0. The number of carbonyl (C=O) groups excluding carboxylic acids is 3. The van der Waals surface area contributed by atoms with Crippen LogP contribution in [-0.4, -0.2) is 60.6 Å². The van der Waals surface area contributed by atoms with Crippen molar-refractivity contribution in [2.75, 3.05) is 19.0 Å². The predicted octanol–water partition coefficient (Wildman–Crippen LogP) is 4.13. The van der Waals surface area contributed by atoms with E-state index >= 15 is 0 Å². The number of hydrogen-bond donors (Lipinski definition) is 2. The van der Waals surface area contributed by atoms with Crippen LogP contribution in [0.4, 0.5) is 10.1 Å². The van der Waals surface area contributed by atoms with Crippen molar-refractivity contribution < 1.29 is 28.2 Å². The maximum Gasteiger partial charge on any atom is 0.258 e. The molecule has 2 aliphatic heterocycles. The topological polar surface area (TPSA) is 97.0 Å². The van der Waals surface area contributed by atoms with Gasteiger partial charge in [0.25, 0.3) is 11.8 Å². The Hall–Kier alpha value is -4.24. The molecule has 212 valence electrons. The van der Waals surface area contributed by atoms with Gasteiger partial charge in [-0.1, -0.05) is 36.4 Å². The zero-order valence-corrected chi connectivity index (χ0v) is 22.8. The molecule has 0 aromatic heterocycles. The molecule has 3 aromatic carbocycles. The van der Waals surface area contributed by atoms with Crippen molar-refractivity contribution in [3.63, 3.8) is 0 Å². The second kappa shape index (κ2) is 11.3. The van der Waals surface area contributed by atoms with Gasteiger partial charge in [0.2, 0.25) is 5.91 Å². The summed E-state index contributed by atoms with van der Waals surface area (Å²) < 4.78 is 26.4. The third kappa shape index (κ3) is 5.67. The lowest BCUT2D eigenvalue weighted by Crippen LogP contribution is -2.54. The van der Waals surface area contributed by atoms with Gasteiger partial charge >= 0.3 is 0 Å². The molecule has 6 rings (SSSR count). The molecule has 41 heavy (non-hydrogen) atoms. The summed E-state index contributed by atoms with van der Waals surface area (Å²) in [7, 11) is 1.73. The maximum absolute atomic E-state index is 14.0. The second-order valence-electron chi connectivity index (χ2n) is 11.0. The van der Waals surface area contributed by atoms with E-state index in [9.17, 15) is 18.8 Å². The summed E-state index contributed by atoms with van der Waals surface area (Å²) in [6.07, 6.45) is 2.60. The summed E-state index contributed by atoms with van der Waals surface area (Å²) in [5.41, 5.74) is 3.15. The van der Waals surface area contributed by atoms with E-state index in [-0.39, 0.29) is 54.7 Å². The number of carbonyl (C=O) groups is 3. The first-order valence-corrected chi connectivity index (χ1v) is 14.0. The van der Waals surface area contributed by atoms with Gasteiger partial charge in [0.15, 0.2) is 0 Å². The van der Waals surface area contributed by atoms with Crippen LogP contribution in [0.5, 0.6) is 5.75 Å². The number of anilines is 1. The molecule has 0 spiro atoms. The van der Waals surface area contributed by atoms with E-state index in [1.165, 1.54) is 29.3 Å². The monoisotopic (exact) mass is 557 g/mol. The zero-order chi connectivity index (χ0) is 28.5. The lowest BCUT2D eigenvalue weighted by Gasteiger charge is -2.42. The van der Waals surface area contributed by atoms with Crippen molar-refractivity contribution in [2.45, 2.75) is 56.4 Å². The Kier molecular flexibility index (Phi) is 7.45. The molecule has 3 atom stereocenters. The SMILES string of the molecule is CN1C(=O)c2cc(NC(=O)c3ccccc3F)ccc2OC[C@@H]2O[C@H](CC(=O)NC3Cc4ccccc4C3)CC[C@@H]21. The van der Waals surface area contributed by atoms with Crippen LogP contribution in [0, 0.1) is 5.82 Å². The predicted molar refractivity (Wildman–Crippen MR) is 150 cm³/mol. The van der Waals surface area contributed by atoms with Crippen LogP contribution < -0.4 is 15.4 Å². The molecule has 0 unspecified atom stereocenters. The number of fused-ring (bicyclic) bond motifs is 3. The highest BCUT2D eigenvalue weighted by atomic mass is 19.1. The van der Waals surface area contributed by atoms with Crippen molar-refractivity contribution in [1.82, 2.24) is 10.2 Å². The average molecular weight is 558 g/mol. The van der Waals surface area contributed by atoms with Gasteiger partial charge in [-0.25, -0.2) is 4.39 Å². The van der Waals surface area contributed by atoms with Gasteiger partial charge in [0.1, 0.15) is 24.3 Å². The molecule has 9 heteroatoms. The van der Waals surface area contributed by atoms with E-state index in [1.807, 2.05) is 12.1 Å². The minimum atomic E-state index is -0.626. The van der Waals surface area contributed by atoms with E-state index in [2.05, 4.69) is 22.8 Å². The smallest absolute Gasteiger partial charge is 0.258 e. The minimum absolute atomic E-state index is 0.0299. The van der Waals surface area contributed by atoms with Crippen LogP contribution in [0.3, 0.4) is 0 Å². The van der Waals surface area contributed by atoms with Gasteiger partial charge in [-0.2, -0.15) is 0 Å². The molecule has 1 saturated heterocycles. The van der Waals surface area contributed by atoms with Gasteiger partial charge < -0.3 is 25.0 Å². The maximum atomic E-state index is 14.0. The van der Waals surface area contributed by atoms with Crippen molar-refractivity contribution in [3.05, 3.63) is 94.8 Å². The van der Waals surface area contributed by atoms with Crippen molar-refractivity contribution in [1.29, 1.82) is 0 Å². The molecular formula is C32H32FN3O5. The molecule has 1 fully saturated rings. The largest absolute Gasteiger partial charge is 0.490 e. The fourth-order valence-electron chi connectivity index (χ4n) is 6.10. The molecule has 3 aliphatic rings. The van der Waals surface area contributed by atoms with Crippen LogP contribution in [0.2, 0.25) is 0 Å². The fraction of sp³-hybridized carbons (Fsp3) is 0.344. The summed E-state index contributed by atoms with van der Waals surface area (Å²) in [6.45, 7) is 0.215. The Labute approximate surface area is 237 Å². The van der Waals surface area contributed by atoms with Gasteiger partial charge in [0, 0.05) is 18.8 Å². The van der Waals surface area contributed by atoms with E-state index in [1.54, 1.807) is 36.2 Å². The number of amides is 3. The summed E-state index contributed by atoms with van der Waals surface area (Å²) in [4.78, 5) is 40.6. The summed E-state index contributed by atoms with van der Waals surface area (Å²) in [5.74, 6) is -1.16. The van der Waals surface area contributed by atoms with Gasteiger partial charge in [-0.15, -0.1) is 0 Å². The summed E-state index contributed by atoms with van der Waals surface area (Å²) in [6, 6.07) is 18.6. The van der Waals surface area contributed by atoms with Crippen LogP contribution in [0.15, 0.2) is 66.7 Å². The molecule has 0 bridgehead atoms. The Bertz CT molecular complexity index is 1470. The molecule has 2 heterocycles. The summed E-state index contributed by atoms with van der Waals surface area (Å²) in [5, 5.41) is 5.83. The molecule has 3 aromatic rings. The van der Waals surface area contributed by atoms with Gasteiger partial charge in [-0.05, 0) is 67.1 Å². The van der Waals surface area contributed by atoms with E-state index in [0.29, 0.717) is 29.8 Å². The fourth-order valence-corrected chi connectivity index (χ4v) is 6.10. The highest BCUT2D eigenvalue weighted by molar-refractivity contribution is 6.05. The Balaban J connectivity index is 1.09. The van der Waals surface area contributed by atoms with Crippen LogP contribution in [-0.2, 0) is 22.4 Å². The van der Waals surface area contributed by atoms with Crippen LogP contribution in [0.1, 0.15) is 51.1 Å². The minimum Gasteiger partial charge on any atom is -0.490 e. The number of nitrogens with one attached hydrogen (secondary N) is 2. The second-order valence-corrected chi connectivity index (χ2v) is 11.0. The van der Waals surface area contributed by atoms with Crippen molar-refractivity contribution in [3.8, 4) is 5.75 Å². The molecule has 3 amide bonds. The Morgan fingerprint density at radius 1 is 1.00 bits per heavy atom. The van der Waals surface area contributed by atoms with Crippen molar-refractivity contribution >= 4 is 23.4 Å². The molecular weight excluding hydrogens is 525 g/mol. The lowest BCUT2D eigenvalue weighted by molar-refractivity contribution is -0.134. The Morgan fingerprint density at radius 3 is 2.49 bits per heavy atom. The highest BCUT2D eigenvalue weighted by Crippen LogP contribution is 2.33. The quantitative estimate of drug-likeness (QED) is 0.492. The molecule has 1 aliphatic carbocycles. The lowest BCUT2D eigenvalue weighted by atomic mass is 9.94. The van der Waals surface area contributed by atoms with Crippen LogP contribution >= 0.6 is 0 Å². The van der Waals surface area contributed by atoms with E-state index in [0.717, 1.165) is 12.8 Å². The van der Waals surface area contributed by atoms with Crippen LogP contribution in [0.25, 0.3) is 0 Å². The first-order valence-electron chi connectivity index (χ1n) is 14.0. The highest BCUT2D eigenvalue weighted by Gasteiger charge is 2.39. The molecule has 0 radical (unpaired) electrons. The first-order chi connectivity index (χ1) is 19.9. The number of benzene rings is 3. The zero-order valence-electron chi connectivity index (χ0n) is 22.8. The normalized spacial score (nSPS) is 22.0. The van der Waals surface area contributed by atoms with E-state index in [4.69, 9.17) is 9.47 Å². The number of ether oxygens (including phenoxy) is 2. The number of likely N-dealkylation sites (N-methyl/N-ethyl adjacent to an activating group) is 1. The standard InChI is InChI=1S/C32H32FN3O5/c1-36-27-12-11-23(17-30(37)34-22-14-19-6-2-3-7-20(19)15-22)41-29(27)18-40-28-13-10-21(16-25(28)32(36)39)35-31(38)24-8-4-5-9-26(24)33/h2-10,13,16,22-23,27,29H,11-12,14-15,17-18H2,1H3,(H,34,37)(H,35,38)/t23-,27-,29-/m0/s1. The third-order valence-electron chi connectivity index (χ3n) is 8.22. The third-order valence-corrected chi connectivity index (χ3v) is 8.22. The molecule has 0 saturated carbocycles. The number of nitrogens with zero attached hydrogens (tertiary/aromatic N) is 1. The number of halogens is 1. The Morgan fingerprint density at radius 2 is 1.73 bits per heavy atom. The van der Waals surface area contributed by atoms with Crippen molar-refractivity contribution in [2.24, 2.45) is 0 Å². The van der Waals surface area contributed by atoms with E-state index < -0.39 is 11.7 Å². The van der Waals surface area contributed by atoms with Gasteiger partial charge in [-0.3, -0.25) is 14.4 Å². The molecule has 8 nitrogen and oxygen atoms in total. The molecule has 2 N–H and O–H groups in total. The number of rotatable bonds is 5. The number of hydrogen-bond acceptors (Lipinski definition) is 5. The average Bonchev–Trinajstić information content (AvgIpc) is 3.37.